The van der Waals surface area contributed by atoms with E-state index in [1.165, 1.54) is 18.2 Å². The van der Waals surface area contributed by atoms with E-state index in [0.29, 0.717) is 24.7 Å². The van der Waals surface area contributed by atoms with Crippen molar-refractivity contribution in [1.82, 2.24) is 4.72 Å². The van der Waals surface area contributed by atoms with Crippen LogP contribution in [0.1, 0.15) is 31.1 Å². The van der Waals surface area contributed by atoms with Crippen LogP contribution in [0, 0.1) is 0 Å². The first-order valence-electron chi connectivity index (χ1n) is 8.72. The molecule has 0 saturated heterocycles. The third-order valence-corrected chi connectivity index (χ3v) is 5.12. The van der Waals surface area contributed by atoms with Crippen LogP contribution in [0.15, 0.2) is 47.4 Å². The predicted molar refractivity (Wildman–Crippen MR) is 104 cm³/mol. The van der Waals surface area contributed by atoms with Crippen LogP contribution in [0.4, 0.5) is 5.69 Å². The third-order valence-electron chi connectivity index (χ3n) is 3.55. The van der Waals surface area contributed by atoms with Gasteiger partial charge in [0.05, 0.1) is 13.2 Å². The summed E-state index contributed by atoms with van der Waals surface area (Å²) < 4.78 is 38.0. The minimum atomic E-state index is -3.78. The molecular formula is C19H24N2O5S. The van der Waals surface area contributed by atoms with Gasteiger partial charge in [0.25, 0.3) is 5.91 Å². The van der Waals surface area contributed by atoms with Gasteiger partial charge in [-0.15, -0.1) is 0 Å². The minimum Gasteiger partial charge on any atom is -0.494 e. The highest BCUT2D eigenvalue weighted by Gasteiger charge is 2.21. The number of amides is 1. The Bertz CT molecular complexity index is 879. The van der Waals surface area contributed by atoms with Crippen LogP contribution in [0.25, 0.3) is 0 Å². The molecule has 7 nitrogen and oxygen atoms in total. The second-order valence-electron chi connectivity index (χ2n) is 5.51. The summed E-state index contributed by atoms with van der Waals surface area (Å²) in [5.41, 5.74) is 0.789. The monoisotopic (exact) mass is 392 g/mol. The SMILES string of the molecule is CCNS(=O)(=O)c1cc(C(=O)Nc2ccc(OCC)cc2)ccc1OCC. The number of hydrogen-bond acceptors (Lipinski definition) is 5. The van der Waals surface area contributed by atoms with Gasteiger partial charge in [-0.25, -0.2) is 13.1 Å². The molecule has 0 saturated carbocycles. The van der Waals surface area contributed by atoms with Crippen molar-refractivity contribution in [2.75, 3.05) is 25.1 Å². The molecule has 0 aromatic heterocycles. The molecule has 8 heteroatoms. The van der Waals surface area contributed by atoms with E-state index in [1.54, 1.807) is 38.1 Å². The largest absolute Gasteiger partial charge is 0.494 e. The van der Waals surface area contributed by atoms with Gasteiger partial charge < -0.3 is 14.8 Å². The average molecular weight is 392 g/mol. The van der Waals surface area contributed by atoms with Gasteiger partial charge in [-0.1, -0.05) is 6.92 Å². The molecule has 2 aromatic rings. The first-order chi connectivity index (χ1) is 12.9. The van der Waals surface area contributed by atoms with Gasteiger partial charge in [-0.2, -0.15) is 0 Å². The average Bonchev–Trinajstić information content (AvgIpc) is 2.64. The van der Waals surface area contributed by atoms with Gasteiger partial charge in [0.1, 0.15) is 16.4 Å². The van der Waals surface area contributed by atoms with Crippen LogP contribution in [-0.2, 0) is 10.0 Å². The number of sulfonamides is 1. The van der Waals surface area contributed by atoms with Crippen molar-refractivity contribution in [3.05, 3.63) is 48.0 Å². The zero-order valence-electron chi connectivity index (χ0n) is 15.6. The normalized spacial score (nSPS) is 11.1. The highest BCUT2D eigenvalue weighted by atomic mass is 32.2. The Balaban J connectivity index is 2.27. The maximum absolute atomic E-state index is 12.5. The molecule has 0 bridgehead atoms. The van der Waals surface area contributed by atoms with Crippen LogP contribution in [0.2, 0.25) is 0 Å². The number of nitrogens with one attached hydrogen (secondary N) is 2. The first kappa shape index (κ1) is 20.7. The van der Waals surface area contributed by atoms with E-state index in [0.717, 1.165) is 0 Å². The molecule has 0 heterocycles. The maximum Gasteiger partial charge on any atom is 0.255 e. The topological polar surface area (TPSA) is 93.7 Å². The Labute approximate surface area is 159 Å². The second kappa shape index (κ2) is 9.38. The number of hydrogen-bond donors (Lipinski definition) is 2. The summed E-state index contributed by atoms with van der Waals surface area (Å²) >= 11 is 0. The van der Waals surface area contributed by atoms with Crippen LogP contribution < -0.4 is 19.5 Å². The van der Waals surface area contributed by atoms with Gasteiger partial charge >= 0.3 is 0 Å². The van der Waals surface area contributed by atoms with Gasteiger partial charge in [0.2, 0.25) is 10.0 Å². The van der Waals surface area contributed by atoms with Crippen LogP contribution in [0.3, 0.4) is 0 Å². The molecule has 0 radical (unpaired) electrons. The summed E-state index contributed by atoms with van der Waals surface area (Å²) in [5, 5.41) is 2.74. The number of benzene rings is 2. The van der Waals surface area contributed by atoms with Crippen LogP contribution in [0.5, 0.6) is 11.5 Å². The van der Waals surface area contributed by atoms with E-state index in [9.17, 15) is 13.2 Å². The summed E-state index contributed by atoms with van der Waals surface area (Å²) in [6.07, 6.45) is 0. The van der Waals surface area contributed by atoms with E-state index >= 15 is 0 Å². The number of ether oxygens (including phenoxy) is 2. The Kier molecular flexibility index (Phi) is 7.20. The quantitative estimate of drug-likeness (QED) is 0.684. The Morgan fingerprint density at radius 3 is 2.22 bits per heavy atom. The molecule has 2 rings (SSSR count). The third kappa shape index (κ3) is 5.45. The molecule has 0 aliphatic rings. The molecule has 2 aromatic carbocycles. The maximum atomic E-state index is 12.5. The van der Waals surface area contributed by atoms with Crippen LogP contribution >= 0.6 is 0 Å². The second-order valence-corrected chi connectivity index (χ2v) is 7.24. The van der Waals surface area contributed by atoms with Gasteiger partial charge in [0, 0.05) is 17.8 Å². The minimum absolute atomic E-state index is 0.0643. The van der Waals surface area contributed by atoms with Crippen molar-refractivity contribution in [3.63, 3.8) is 0 Å². The van der Waals surface area contributed by atoms with Crippen molar-refractivity contribution >= 4 is 21.6 Å². The molecule has 146 valence electrons. The molecule has 0 fully saturated rings. The number of carbonyl (C=O) groups excluding carboxylic acids is 1. The molecule has 2 N–H and O–H groups in total. The Morgan fingerprint density at radius 2 is 1.63 bits per heavy atom. The summed E-state index contributed by atoms with van der Waals surface area (Å²) in [6, 6.07) is 11.3. The van der Waals surface area contributed by atoms with E-state index in [2.05, 4.69) is 10.0 Å². The molecule has 1 amide bonds. The van der Waals surface area contributed by atoms with E-state index in [4.69, 9.17) is 9.47 Å². The first-order valence-corrected chi connectivity index (χ1v) is 10.2. The number of anilines is 1. The van der Waals surface area contributed by atoms with Crippen LogP contribution in [-0.4, -0.2) is 34.1 Å². The fraction of sp³-hybridized carbons (Fsp3) is 0.316. The zero-order valence-corrected chi connectivity index (χ0v) is 16.4. The number of carbonyl (C=O) groups is 1. The molecule has 0 spiro atoms. The van der Waals surface area contributed by atoms with Crippen molar-refractivity contribution in [1.29, 1.82) is 0 Å². The highest BCUT2D eigenvalue weighted by molar-refractivity contribution is 7.89. The standard InChI is InChI=1S/C19H24N2O5S/c1-4-20-27(23,24)18-13-14(7-12-17(18)26-6-3)19(22)21-15-8-10-16(11-9-15)25-5-2/h7-13,20H,4-6H2,1-3H3,(H,21,22). The van der Waals surface area contributed by atoms with E-state index in [-0.39, 0.29) is 22.8 Å². The summed E-state index contributed by atoms with van der Waals surface area (Å²) in [7, 11) is -3.78. The van der Waals surface area contributed by atoms with Crippen molar-refractivity contribution in [2.24, 2.45) is 0 Å². The van der Waals surface area contributed by atoms with Crippen molar-refractivity contribution in [2.45, 2.75) is 25.7 Å². The van der Waals surface area contributed by atoms with Gasteiger partial charge in [-0.3, -0.25) is 4.79 Å². The number of rotatable bonds is 9. The lowest BCUT2D eigenvalue weighted by Gasteiger charge is -2.13. The van der Waals surface area contributed by atoms with Gasteiger partial charge in [-0.05, 0) is 56.3 Å². The predicted octanol–water partition coefficient (Wildman–Crippen LogP) is 3.03. The van der Waals surface area contributed by atoms with Crippen molar-refractivity contribution in [3.8, 4) is 11.5 Å². The molecule has 0 aliphatic heterocycles. The summed E-state index contributed by atoms with van der Waals surface area (Å²) in [5.74, 6) is 0.488. The lowest BCUT2D eigenvalue weighted by atomic mass is 10.2. The van der Waals surface area contributed by atoms with E-state index in [1.807, 2.05) is 6.92 Å². The lowest BCUT2D eigenvalue weighted by molar-refractivity contribution is 0.102. The zero-order chi connectivity index (χ0) is 19.9. The smallest absolute Gasteiger partial charge is 0.255 e. The molecule has 0 unspecified atom stereocenters. The Hall–Kier alpha value is -2.58. The fourth-order valence-corrected chi connectivity index (χ4v) is 3.62. The lowest BCUT2D eigenvalue weighted by Crippen LogP contribution is -2.24. The van der Waals surface area contributed by atoms with Crippen molar-refractivity contribution < 1.29 is 22.7 Å². The fourth-order valence-electron chi connectivity index (χ4n) is 2.41. The van der Waals surface area contributed by atoms with E-state index < -0.39 is 15.9 Å². The molecule has 0 aliphatic carbocycles. The molecular weight excluding hydrogens is 368 g/mol. The molecule has 0 atom stereocenters. The summed E-state index contributed by atoms with van der Waals surface area (Å²) in [6.45, 7) is 6.43. The Morgan fingerprint density at radius 1 is 0.963 bits per heavy atom. The summed E-state index contributed by atoms with van der Waals surface area (Å²) in [4.78, 5) is 12.5. The highest BCUT2D eigenvalue weighted by Crippen LogP contribution is 2.26. The molecule has 27 heavy (non-hydrogen) atoms. The van der Waals surface area contributed by atoms with Gasteiger partial charge in [0.15, 0.2) is 0 Å².